The maximum Gasteiger partial charge on any atom is 0.264 e. The molecule has 3 aliphatic rings. The zero-order chi connectivity index (χ0) is 11.4. The van der Waals surface area contributed by atoms with Crippen LogP contribution < -0.4 is 5.73 Å². The largest absolute Gasteiger partial charge is 0.330 e. The Bertz CT molecular complexity index is 408. The van der Waals surface area contributed by atoms with E-state index in [0.29, 0.717) is 6.54 Å². The lowest BCUT2D eigenvalue weighted by atomic mass is 9.33. The van der Waals surface area contributed by atoms with Crippen LogP contribution in [0.25, 0.3) is 0 Å². The number of benzene rings is 1. The predicted octanol–water partition coefficient (Wildman–Crippen LogP) is 3.00. The van der Waals surface area contributed by atoms with E-state index in [1.165, 1.54) is 0 Å². The third-order valence-corrected chi connectivity index (χ3v) is 4.34. The van der Waals surface area contributed by atoms with Gasteiger partial charge in [0.1, 0.15) is 0 Å². The van der Waals surface area contributed by atoms with Gasteiger partial charge in [-0.2, -0.15) is 0 Å². The van der Waals surface area contributed by atoms with Crippen molar-refractivity contribution < 1.29 is 8.78 Å². The summed E-state index contributed by atoms with van der Waals surface area (Å²) in [6.45, 7) is 0.700. The number of nitrogens with two attached hydrogens (primary N) is 1. The molecule has 1 nitrogen and oxygen atoms in total. The Labute approximate surface area is 93.6 Å². The Balaban J connectivity index is 1.92. The predicted molar refractivity (Wildman–Crippen MR) is 58.4 cm³/mol. The molecule has 0 heterocycles. The third-order valence-electron chi connectivity index (χ3n) is 4.34. The summed E-state index contributed by atoms with van der Waals surface area (Å²) < 4.78 is 25.8. The minimum Gasteiger partial charge on any atom is -0.330 e. The molecule has 4 rings (SSSR count). The highest BCUT2D eigenvalue weighted by molar-refractivity contribution is 5.44. The number of halogens is 2. The Morgan fingerprint density at radius 2 is 1.81 bits per heavy atom. The third kappa shape index (κ3) is 1.12. The molecule has 0 saturated heterocycles. The molecule has 0 unspecified atom stereocenters. The highest BCUT2D eigenvalue weighted by Crippen LogP contribution is 2.73. The molecule has 1 aromatic carbocycles. The molecule has 3 heteroatoms. The first kappa shape index (κ1) is 10.2. The van der Waals surface area contributed by atoms with Gasteiger partial charge in [-0.1, -0.05) is 24.3 Å². The Hall–Kier alpha value is -0.960. The summed E-state index contributed by atoms with van der Waals surface area (Å²) in [7, 11) is 0. The van der Waals surface area contributed by atoms with E-state index in [4.69, 9.17) is 5.73 Å². The average Bonchev–Trinajstić information content (AvgIpc) is 2.15. The van der Waals surface area contributed by atoms with Gasteiger partial charge in [0.25, 0.3) is 6.43 Å². The van der Waals surface area contributed by atoms with Gasteiger partial charge in [0, 0.05) is 5.56 Å². The first-order valence-electron chi connectivity index (χ1n) is 5.69. The molecule has 0 aromatic heterocycles. The van der Waals surface area contributed by atoms with Crippen LogP contribution >= 0.6 is 0 Å². The normalized spacial score (nSPS) is 35.8. The van der Waals surface area contributed by atoms with Crippen LogP contribution in [0.5, 0.6) is 0 Å². The Morgan fingerprint density at radius 1 is 1.19 bits per heavy atom. The van der Waals surface area contributed by atoms with Crippen LogP contribution in [0.2, 0.25) is 0 Å². The summed E-state index contributed by atoms with van der Waals surface area (Å²) in [5.74, 6) is 0. The minimum absolute atomic E-state index is 0.0341. The first-order chi connectivity index (χ1) is 7.61. The fourth-order valence-electron chi connectivity index (χ4n) is 3.67. The molecule has 0 amide bonds. The van der Waals surface area contributed by atoms with Gasteiger partial charge >= 0.3 is 0 Å². The van der Waals surface area contributed by atoms with Crippen LogP contribution in [0, 0.1) is 5.41 Å². The van der Waals surface area contributed by atoms with E-state index < -0.39 is 6.43 Å². The van der Waals surface area contributed by atoms with Crippen LogP contribution in [0.3, 0.4) is 0 Å². The lowest BCUT2D eigenvalue weighted by Gasteiger charge is -2.71. The van der Waals surface area contributed by atoms with Crippen molar-refractivity contribution in [3.8, 4) is 0 Å². The van der Waals surface area contributed by atoms with Crippen molar-refractivity contribution in [3.05, 3.63) is 35.4 Å². The van der Waals surface area contributed by atoms with E-state index in [2.05, 4.69) is 0 Å². The molecule has 86 valence electrons. The molecule has 2 N–H and O–H groups in total. The monoisotopic (exact) mass is 223 g/mol. The first-order valence-corrected chi connectivity index (χ1v) is 5.69. The van der Waals surface area contributed by atoms with Crippen LogP contribution in [0.4, 0.5) is 8.78 Å². The van der Waals surface area contributed by atoms with Crippen LogP contribution in [0.1, 0.15) is 36.8 Å². The van der Waals surface area contributed by atoms with Gasteiger partial charge in [-0.05, 0) is 42.2 Å². The van der Waals surface area contributed by atoms with Crippen molar-refractivity contribution in [2.45, 2.75) is 31.1 Å². The lowest BCUT2D eigenvalue weighted by Crippen LogP contribution is -2.67. The second-order valence-corrected chi connectivity index (χ2v) is 5.40. The second-order valence-electron chi connectivity index (χ2n) is 5.40. The SMILES string of the molecule is NCC12CC(c3ccccc3C(F)F)(C1)C2. The summed E-state index contributed by atoms with van der Waals surface area (Å²) in [6, 6.07) is 6.96. The van der Waals surface area contributed by atoms with E-state index in [9.17, 15) is 8.78 Å². The number of hydrogen-bond acceptors (Lipinski definition) is 1. The minimum atomic E-state index is -2.36. The van der Waals surface area contributed by atoms with Gasteiger partial charge in [-0.3, -0.25) is 0 Å². The van der Waals surface area contributed by atoms with Gasteiger partial charge in [-0.15, -0.1) is 0 Å². The summed E-state index contributed by atoms with van der Waals surface area (Å²) >= 11 is 0. The fourth-order valence-corrected chi connectivity index (χ4v) is 3.67. The van der Waals surface area contributed by atoms with E-state index >= 15 is 0 Å². The van der Waals surface area contributed by atoms with Gasteiger partial charge in [0.2, 0.25) is 0 Å². The van der Waals surface area contributed by atoms with Crippen LogP contribution in [-0.2, 0) is 5.41 Å². The smallest absolute Gasteiger partial charge is 0.264 e. The molecule has 0 spiro atoms. The average molecular weight is 223 g/mol. The van der Waals surface area contributed by atoms with E-state index in [1.807, 2.05) is 12.1 Å². The molecule has 0 radical (unpaired) electrons. The number of hydrogen-bond donors (Lipinski definition) is 1. The van der Waals surface area contributed by atoms with E-state index in [1.54, 1.807) is 12.1 Å². The molecule has 3 aliphatic carbocycles. The molecule has 3 fully saturated rings. The molecule has 16 heavy (non-hydrogen) atoms. The van der Waals surface area contributed by atoms with Crippen molar-refractivity contribution in [1.29, 1.82) is 0 Å². The van der Waals surface area contributed by atoms with Gasteiger partial charge < -0.3 is 5.73 Å². The summed E-state index contributed by atoms with van der Waals surface area (Å²) in [5.41, 5.74) is 7.09. The quantitative estimate of drug-likeness (QED) is 0.837. The van der Waals surface area contributed by atoms with Crippen molar-refractivity contribution in [2.24, 2.45) is 11.1 Å². The highest BCUT2D eigenvalue weighted by Gasteiger charge is 2.67. The summed E-state index contributed by atoms with van der Waals surface area (Å²) in [4.78, 5) is 0. The van der Waals surface area contributed by atoms with Crippen LogP contribution in [0.15, 0.2) is 24.3 Å². The van der Waals surface area contributed by atoms with Crippen molar-refractivity contribution in [3.63, 3.8) is 0 Å². The maximum atomic E-state index is 12.9. The molecule has 0 aliphatic heterocycles. The zero-order valence-electron chi connectivity index (χ0n) is 9.05. The Kier molecular flexibility index (Phi) is 1.94. The van der Waals surface area contributed by atoms with Crippen LogP contribution in [-0.4, -0.2) is 6.54 Å². The fraction of sp³-hybridized carbons (Fsp3) is 0.538. The maximum absolute atomic E-state index is 12.9. The molecule has 3 saturated carbocycles. The van der Waals surface area contributed by atoms with E-state index in [0.717, 1.165) is 24.8 Å². The van der Waals surface area contributed by atoms with Gasteiger partial charge in [0.05, 0.1) is 0 Å². The van der Waals surface area contributed by atoms with E-state index in [-0.39, 0.29) is 16.4 Å². The van der Waals surface area contributed by atoms with Crippen molar-refractivity contribution in [2.75, 3.05) is 6.54 Å². The zero-order valence-corrected chi connectivity index (χ0v) is 9.05. The second kappa shape index (κ2) is 3.04. The standard InChI is InChI=1S/C13H15F2N/c14-11(15)9-3-1-2-4-10(9)13-5-12(6-13,7-13)8-16/h1-4,11H,5-8,16H2. The number of rotatable bonds is 3. The topological polar surface area (TPSA) is 26.0 Å². The molecular formula is C13H15F2N. The van der Waals surface area contributed by atoms with Gasteiger partial charge in [0.15, 0.2) is 0 Å². The lowest BCUT2D eigenvalue weighted by molar-refractivity contribution is -0.134. The molecule has 1 aromatic rings. The van der Waals surface area contributed by atoms with Gasteiger partial charge in [-0.25, -0.2) is 8.78 Å². The molecular weight excluding hydrogens is 208 g/mol. The summed E-state index contributed by atoms with van der Waals surface area (Å²) in [5, 5.41) is 0. The van der Waals surface area contributed by atoms with Crippen molar-refractivity contribution >= 4 is 0 Å². The molecule has 0 atom stereocenters. The summed E-state index contributed by atoms with van der Waals surface area (Å²) in [6.07, 6.45) is 0.639. The highest BCUT2D eigenvalue weighted by atomic mass is 19.3. The number of alkyl halides is 2. The Morgan fingerprint density at radius 3 is 2.38 bits per heavy atom. The van der Waals surface area contributed by atoms with Crippen molar-refractivity contribution in [1.82, 2.24) is 0 Å². The molecule has 2 bridgehead atoms.